The van der Waals surface area contributed by atoms with Gasteiger partial charge in [0.1, 0.15) is 10.8 Å². The first-order valence-electron chi connectivity index (χ1n) is 5.45. The second kappa shape index (κ2) is 5.54. The topological polar surface area (TPSA) is 47.0 Å². The highest BCUT2D eigenvalue weighted by molar-refractivity contribution is 6.31. The highest BCUT2D eigenvalue weighted by Gasteiger charge is 2.30. The van der Waals surface area contributed by atoms with Crippen molar-refractivity contribution in [1.29, 1.82) is 0 Å². The van der Waals surface area contributed by atoms with Crippen molar-refractivity contribution < 1.29 is 17.9 Å². The molecule has 0 aliphatic carbocycles. The molecule has 8 heteroatoms. The van der Waals surface area contributed by atoms with E-state index in [-0.39, 0.29) is 22.6 Å². The number of hydrogen-bond acceptors (Lipinski definition) is 4. The van der Waals surface area contributed by atoms with E-state index in [1.807, 2.05) is 0 Å². The van der Waals surface area contributed by atoms with Crippen LogP contribution in [0, 0.1) is 0 Å². The first kappa shape index (κ1) is 14.4. The van der Waals surface area contributed by atoms with Crippen LogP contribution in [0.2, 0.25) is 5.02 Å². The van der Waals surface area contributed by atoms with Gasteiger partial charge in [0.15, 0.2) is 0 Å². The maximum absolute atomic E-state index is 12.6. The molecule has 4 nitrogen and oxygen atoms in total. The highest BCUT2D eigenvalue weighted by Crippen LogP contribution is 2.33. The number of ether oxygens (including phenoxy) is 1. The molecule has 106 valence electrons. The van der Waals surface area contributed by atoms with Crippen LogP contribution in [-0.2, 0) is 6.18 Å². The van der Waals surface area contributed by atoms with E-state index in [9.17, 15) is 13.2 Å². The number of rotatable bonds is 3. The maximum atomic E-state index is 12.6. The smallest absolute Gasteiger partial charge is 0.416 e. The molecule has 1 N–H and O–H groups in total. The average Bonchev–Trinajstić information content (AvgIpc) is 2.41. The Hall–Kier alpha value is -2.02. The molecular weight excluding hydrogens is 295 g/mol. The van der Waals surface area contributed by atoms with Crippen LogP contribution < -0.4 is 10.1 Å². The standard InChI is InChI=1S/C12H9ClF3N3O/c1-17-11-18-6-9(13)10(19-11)20-8-4-2-3-7(5-8)12(14,15)16/h2-6H,1H3,(H,17,18,19). The molecule has 0 bridgehead atoms. The Balaban J connectivity index is 2.30. The molecule has 0 fully saturated rings. The molecule has 0 atom stereocenters. The van der Waals surface area contributed by atoms with E-state index in [0.29, 0.717) is 0 Å². The molecule has 2 aromatic rings. The Morgan fingerprint density at radius 1 is 1.30 bits per heavy atom. The second-order valence-electron chi connectivity index (χ2n) is 3.72. The van der Waals surface area contributed by atoms with Crippen molar-refractivity contribution in [2.75, 3.05) is 12.4 Å². The number of benzene rings is 1. The van der Waals surface area contributed by atoms with Crippen LogP contribution in [-0.4, -0.2) is 17.0 Å². The van der Waals surface area contributed by atoms with Gasteiger partial charge in [-0.25, -0.2) is 4.98 Å². The number of anilines is 1. The number of nitrogens with one attached hydrogen (secondary N) is 1. The molecule has 0 saturated carbocycles. The van der Waals surface area contributed by atoms with Crippen LogP contribution in [0.4, 0.5) is 19.1 Å². The van der Waals surface area contributed by atoms with Gasteiger partial charge in [0.2, 0.25) is 11.8 Å². The first-order valence-corrected chi connectivity index (χ1v) is 5.83. The summed E-state index contributed by atoms with van der Waals surface area (Å²) in [6.07, 6.45) is -3.14. The molecule has 2 rings (SSSR count). The largest absolute Gasteiger partial charge is 0.437 e. The molecule has 0 radical (unpaired) electrons. The predicted molar refractivity (Wildman–Crippen MR) is 68.1 cm³/mol. The van der Waals surface area contributed by atoms with Gasteiger partial charge in [0, 0.05) is 7.05 Å². The normalized spacial score (nSPS) is 11.2. The Labute approximate surface area is 117 Å². The molecule has 0 amide bonds. The lowest BCUT2D eigenvalue weighted by Gasteiger charge is -2.10. The lowest BCUT2D eigenvalue weighted by atomic mass is 10.2. The van der Waals surface area contributed by atoms with Crippen molar-refractivity contribution in [3.8, 4) is 11.6 Å². The van der Waals surface area contributed by atoms with Gasteiger partial charge < -0.3 is 10.1 Å². The fourth-order valence-electron chi connectivity index (χ4n) is 1.39. The maximum Gasteiger partial charge on any atom is 0.416 e. The number of halogens is 4. The fraction of sp³-hybridized carbons (Fsp3) is 0.167. The van der Waals surface area contributed by atoms with Crippen molar-refractivity contribution in [3.63, 3.8) is 0 Å². The van der Waals surface area contributed by atoms with Gasteiger partial charge in [0.05, 0.1) is 11.8 Å². The Morgan fingerprint density at radius 3 is 2.70 bits per heavy atom. The Bertz CT molecular complexity index is 619. The van der Waals surface area contributed by atoms with E-state index in [0.717, 1.165) is 12.1 Å². The average molecular weight is 304 g/mol. The zero-order valence-corrected chi connectivity index (χ0v) is 11.0. The summed E-state index contributed by atoms with van der Waals surface area (Å²) in [4.78, 5) is 7.76. The number of alkyl halides is 3. The van der Waals surface area contributed by atoms with Crippen molar-refractivity contribution in [2.24, 2.45) is 0 Å². The fourth-order valence-corrected chi connectivity index (χ4v) is 1.52. The number of hydrogen-bond donors (Lipinski definition) is 1. The number of nitrogens with zero attached hydrogens (tertiary/aromatic N) is 2. The third kappa shape index (κ3) is 3.30. The third-order valence-corrected chi connectivity index (χ3v) is 2.57. The summed E-state index contributed by atoms with van der Waals surface area (Å²) >= 11 is 5.83. The summed E-state index contributed by atoms with van der Waals surface area (Å²) in [6.45, 7) is 0. The van der Waals surface area contributed by atoms with E-state index in [1.165, 1.54) is 18.3 Å². The highest BCUT2D eigenvalue weighted by atomic mass is 35.5. The zero-order chi connectivity index (χ0) is 14.8. The first-order chi connectivity index (χ1) is 9.40. The van der Waals surface area contributed by atoms with Gasteiger partial charge in [-0.3, -0.25) is 0 Å². The summed E-state index contributed by atoms with van der Waals surface area (Å²) < 4.78 is 43.0. The van der Waals surface area contributed by atoms with E-state index in [2.05, 4.69) is 15.3 Å². The third-order valence-electron chi connectivity index (χ3n) is 2.31. The van der Waals surface area contributed by atoms with Crippen LogP contribution in [0.1, 0.15) is 5.56 Å². The molecule has 20 heavy (non-hydrogen) atoms. The summed E-state index contributed by atoms with van der Waals surface area (Å²) in [6, 6.07) is 4.45. The molecule has 0 saturated heterocycles. The minimum Gasteiger partial charge on any atom is -0.437 e. The van der Waals surface area contributed by atoms with Crippen molar-refractivity contribution >= 4 is 17.5 Å². The van der Waals surface area contributed by atoms with Gasteiger partial charge >= 0.3 is 6.18 Å². The van der Waals surface area contributed by atoms with Gasteiger partial charge in [-0.05, 0) is 18.2 Å². The monoisotopic (exact) mass is 303 g/mol. The molecule has 0 aliphatic rings. The molecule has 0 unspecified atom stereocenters. The molecule has 0 aliphatic heterocycles. The number of aromatic nitrogens is 2. The van der Waals surface area contributed by atoms with Crippen LogP contribution >= 0.6 is 11.6 Å². The summed E-state index contributed by atoms with van der Waals surface area (Å²) in [5.74, 6) is 0.212. The summed E-state index contributed by atoms with van der Waals surface area (Å²) in [5, 5.41) is 2.77. The van der Waals surface area contributed by atoms with E-state index < -0.39 is 11.7 Å². The van der Waals surface area contributed by atoms with Gasteiger partial charge in [0.25, 0.3) is 0 Å². The van der Waals surface area contributed by atoms with Gasteiger partial charge in [-0.15, -0.1) is 0 Å². The zero-order valence-electron chi connectivity index (χ0n) is 10.2. The molecule has 1 heterocycles. The molecule has 1 aromatic heterocycles. The van der Waals surface area contributed by atoms with Crippen LogP contribution in [0.15, 0.2) is 30.5 Å². The SMILES string of the molecule is CNc1ncc(Cl)c(Oc2cccc(C(F)(F)F)c2)n1. The Kier molecular flexibility index (Phi) is 3.99. The van der Waals surface area contributed by atoms with E-state index in [4.69, 9.17) is 16.3 Å². The quantitative estimate of drug-likeness (QED) is 0.931. The summed E-state index contributed by atoms with van der Waals surface area (Å²) in [5.41, 5.74) is -0.811. The van der Waals surface area contributed by atoms with Gasteiger partial charge in [-0.2, -0.15) is 18.2 Å². The Morgan fingerprint density at radius 2 is 2.05 bits per heavy atom. The van der Waals surface area contributed by atoms with E-state index in [1.54, 1.807) is 7.05 Å². The van der Waals surface area contributed by atoms with Crippen LogP contribution in [0.5, 0.6) is 11.6 Å². The van der Waals surface area contributed by atoms with Crippen molar-refractivity contribution in [3.05, 3.63) is 41.0 Å². The minimum absolute atomic E-state index is 0.0116. The molecule has 1 aromatic carbocycles. The van der Waals surface area contributed by atoms with E-state index >= 15 is 0 Å². The minimum atomic E-state index is -4.44. The summed E-state index contributed by atoms with van der Waals surface area (Å²) in [7, 11) is 1.59. The molecule has 0 spiro atoms. The van der Waals surface area contributed by atoms with Gasteiger partial charge in [-0.1, -0.05) is 17.7 Å². The van der Waals surface area contributed by atoms with Crippen molar-refractivity contribution in [1.82, 2.24) is 9.97 Å². The second-order valence-corrected chi connectivity index (χ2v) is 4.13. The lowest BCUT2D eigenvalue weighted by molar-refractivity contribution is -0.137. The predicted octanol–water partition coefficient (Wildman–Crippen LogP) is 3.98. The van der Waals surface area contributed by atoms with Crippen LogP contribution in [0.3, 0.4) is 0 Å². The lowest BCUT2D eigenvalue weighted by Crippen LogP contribution is -2.04. The molecular formula is C12H9ClF3N3O. The van der Waals surface area contributed by atoms with Crippen LogP contribution in [0.25, 0.3) is 0 Å². The van der Waals surface area contributed by atoms with Crippen molar-refractivity contribution in [2.45, 2.75) is 6.18 Å².